The lowest BCUT2D eigenvalue weighted by Gasteiger charge is -2.06. The van der Waals surface area contributed by atoms with E-state index in [1.165, 1.54) is 36.4 Å². The average Bonchev–Trinajstić information content (AvgIpc) is 2.37. The number of hydrogen-bond acceptors (Lipinski definition) is 5. The Morgan fingerprint density at radius 2 is 1.81 bits per heavy atom. The molecule has 0 unspecified atom stereocenters. The summed E-state index contributed by atoms with van der Waals surface area (Å²) in [5.74, 6) is -2.26. The fourth-order valence-electron chi connectivity index (χ4n) is 1.75. The normalized spacial score (nSPS) is 11.3. The Balaban J connectivity index is 2.30. The van der Waals surface area contributed by atoms with Gasteiger partial charge >= 0.3 is 0 Å². The molecule has 0 bridgehead atoms. The van der Waals surface area contributed by atoms with Gasteiger partial charge < -0.3 is 10.2 Å². The minimum absolute atomic E-state index is 0.0679. The molecule has 0 aromatic heterocycles. The Morgan fingerprint density at radius 1 is 1.10 bits per heavy atom. The first-order valence-electron chi connectivity index (χ1n) is 5.83. The summed E-state index contributed by atoms with van der Waals surface area (Å²) in [4.78, 5) is 11.9. The molecule has 0 atom stereocenters. The second-order valence-electron chi connectivity index (χ2n) is 4.34. The van der Waals surface area contributed by atoms with Gasteiger partial charge in [-0.05, 0) is 30.3 Å². The first kappa shape index (κ1) is 15.3. The predicted molar refractivity (Wildman–Crippen MR) is 77.6 cm³/mol. The van der Waals surface area contributed by atoms with Crippen LogP contribution >= 0.6 is 11.6 Å². The van der Waals surface area contributed by atoms with Crippen LogP contribution in [-0.4, -0.2) is 30.2 Å². The molecule has 0 radical (unpaired) electrons. The summed E-state index contributed by atoms with van der Waals surface area (Å²) in [6.45, 7) is 0. The molecular weight excluding hydrogens is 316 g/mol. The summed E-state index contributed by atoms with van der Waals surface area (Å²) >= 11 is 5.73. The van der Waals surface area contributed by atoms with Crippen molar-refractivity contribution in [2.75, 3.05) is 5.75 Å². The van der Waals surface area contributed by atoms with Crippen LogP contribution < -0.4 is 0 Å². The summed E-state index contributed by atoms with van der Waals surface area (Å²) in [6, 6.07) is 8.91. The third-order valence-electron chi connectivity index (χ3n) is 2.76. The number of Topliss-reactive ketones (excluding diaryl/α,β-unsaturated/α-hetero) is 1. The third-order valence-corrected chi connectivity index (χ3v) is 4.61. The highest BCUT2D eigenvalue weighted by molar-refractivity contribution is 7.92. The van der Waals surface area contributed by atoms with Crippen molar-refractivity contribution in [1.29, 1.82) is 0 Å². The number of aromatic hydroxyl groups is 2. The zero-order chi connectivity index (χ0) is 15.6. The number of carbonyl (C=O) groups excluding carboxylic acids is 1. The van der Waals surface area contributed by atoms with Crippen LogP contribution in [0, 0.1) is 0 Å². The highest BCUT2D eigenvalue weighted by atomic mass is 35.5. The first-order chi connectivity index (χ1) is 9.79. The maximum absolute atomic E-state index is 12.1. The lowest BCUT2D eigenvalue weighted by Crippen LogP contribution is -2.16. The van der Waals surface area contributed by atoms with Crippen LogP contribution in [0.1, 0.15) is 10.4 Å². The van der Waals surface area contributed by atoms with E-state index in [2.05, 4.69) is 0 Å². The highest BCUT2D eigenvalue weighted by Gasteiger charge is 2.22. The quantitative estimate of drug-likeness (QED) is 0.842. The van der Waals surface area contributed by atoms with E-state index in [4.69, 9.17) is 16.7 Å². The predicted octanol–water partition coefficient (Wildman–Crippen LogP) is 2.41. The van der Waals surface area contributed by atoms with E-state index in [0.717, 1.165) is 6.07 Å². The maximum atomic E-state index is 12.1. The minimum atomic E-state index is -3.86. The molecule has 2 N–H and O–H groups in total. The molecule has 110 valence electrons. The third kappa shape index (κ3) is 3.53. The summed E-state index contributed by atoms with van der Waals surface area (Å²) in [7, 11) is -3.86. The van der Waals surface area contributed by atoms with Crippen LogP contribution in [0.15, 0.2) is 47.4 Å². The molecule has 7 heteroatoms. The van der Waals surface area contributed by atoms with Crippen molar-refractivity contribution in [3.05, 3.63) is 53.1 Å². The van der Waals surface area contributed by atoms with Gasteiger partial charge in [-0.15, -0.1) is 0 Å². The molecule has 0 spiro atoms. The molecule has 5 nitrogen and oxygen atoms in total. The van der Waals surface area contributed by atoms with Gasteiger partial charge in [0.25, 0.3) is 0 Å². The van der Waals surface area contributed by atoms with Crippen LogP contribution in [0.3, 0.4) is 0 Å². The molecule has 0 heterocycles. The SMILES string of the molecule is O=C(CS(=O)(=O)c1cccc(Cl)c1)c1ccc(O)cc1O. The molecular formula is C14H11ClO5S. The smallest absolute Gasteiger partial charge is 0.185 e. The zero-order valence-electron chi connectivity index (χ0n) is 10.7. The molecule has 21 heavy (non-hydrogen) atoms. The fraction of sp³-hybridized carbons (Fsp3) is 0.0714. The van der Waals surface area contributed by atoms with E-state index in [0.29, 0.717) is 0 Å². The van der Waals surface area contributed by atoms with E-state index in [1.54, 1.807) is 0 Å². The van der Waals surface area contributed by atoms with Gasteiger partial charge in [-0.1, -0.05) is 17.7 Å². The number of carbonyl (C=O) groups is 1. The van der Waals surface area contributed by atoms with Crippen molar-refractivity contribution in [1.82, 2.24) is 0 Å². The number of ketones is 1. The summed E-state index contributed by atoms with van der Waals surface area (Å²) < 4.78 is 24.3. The van der Waals surface area contributed by atoms with Crippen molar-refractivity contribution in [3.63, 3.8) is 0 Å². The molecule has 2 aromatic rings. The molecule has 0 fully saturated rings. The van der Waals surface area contributed by atoms with Crippen LogP contribution in [0.4, 0.5) is 0 Å². The standard InChI is InChI=1S/C14H11ClO5S/c15-9-2-1-3-11(6-9)21(19,20)8-14(18)12-5-4-10(16)7-13(12)17/h1-7,16-17H,8H2. The van der Waals surface area contributed by atoms with Gasteiger partial charge in [0.15, 0.2) is 15.6 Å². The Kier molecular flexibility index (Phi) is 4.20. The Morgan fingerprint density at radius 3 is 2.43 bits per heavy atom. The second-order valence-corrected chi connectivity index (χ2v) is 6.77. The topological polar surface area (TPSA) is 91.7 Å². The van der Waals surface area contributed by atoms with Crippen LogP contribution in [0.5, 0.6) is 11.5 Å². The van der Waals surface area contributed by atoms with Crippen LogP contribution in [0.25, 0.3) is 0 Å². The van der Waals surface area contributed by atoms with E-state index in [-0.39, 0.29) is 21.2 Å². The number of rotatable bonds is 4. The largest absolute Gasteiger partial charge is 0.508 e. The molecule has 2 rings (SSSR count). The van der Waals surface area contributed by atoms with Crippen LogP contribution in [0.2, 0.25) is 5.02 Å². The summed E-state index contributed by atoms with van der Waals surface area (Å²) in [5, 5.41) is 19.0. The lowest BCUT2D eigenvalue weighted by atomic mass is 10.1. The Labute approximate surface area is 126 Å². The molecule has 2 aromatic carbocycles. The van der Waals surface area contributed by atoms with E-state index in [1.807, 2.05) is 0 Å². The van der Waals surface area contributed by atoms with E-state index >= 15 is 0 Å². The monoisotopic (exact) mass is 326 g/mol. The second kappa shape index (κ2) is 5.75. The van der Waals surface area contributed by atoms with Gasteiger partial charge in [0.2, 0.25) is 0 Å². The number of hydrogen-bond donors (Lipinski definition) is 2. The zero-order valence-corrected chi connectivity index (χ0v) is 12.2. The lowest BCUT2D eigenvalue weighted by molar-refractivity contribution is 0.101. The van der Waals surface area contributed by atoms with Gasteiger partial charge in [-0.2, -0.15) is 0 Å². The van der Waals surface area contributed by atoms with Crippen molar-refractivity contribution in [2.45, 2.75) is 4.90 Å². The van der Waals surface area contributed by atoms with Crippen molar-refractivity contribution < 1.29 is 23.4 Å². The van der Waals surface area contributed by atoms with Crippen molar-refractivity contribution in [3.8, 4) is 11.5 Å². The molecule has 0 aliphatic carbocycles. The van der Waals surface area contributed by atoms with Gasteiger partial charge in [0.1, 0.15) is 17.3 Å². The van der Waals surface area contributed by atoms with Crippen molar-refractivity contribution in [2.24, 2.45) is 0 Å². The van der Waals surface area contributed by atoms with Gasteiger partial charge in [0.05, 0.1) is 10.5 Å². The average molecular weight is 327 g/mol. The summed E-state index contributed by atoms with van der Waals surface area (Å²) in [5.41, 5.74) is -0.168. The number of phenols is 2. The maximum Gasteiger partial charge on any atom is 0.185 e. The number of halogens is 1. The number of benzene rings is 2. The molecule has 0 aliphatic heterocycles. The Hall–Kier alpha value is -2.05. The number of phenolic OH excluding ortho intramolecular Hbond substituents is 2. The molecule has 0 aliphatic rings. The Bertz CT molecular complexity index is 799. The van der Waals surface area contributed by atoms with E-state index < -0.39 is 27.1 Å². The molecule has 0 saturated carbocycles. The molecule has 0 amide bonds. The number of sulfone groups is 1. The molecule has 0 saturated heterocycles. The van der Waals surface area contributed by atoms with E-state index in [9.17, 15) is 18.3 Å². The fourth-order valence-corrected chi connectivity index (χ4v) is 3.26. The van der Waals surface area contributed by atoms with Gasteiger partial charge in [-0.25, -0.2) is 8.42 Å². The van der Waals surface area contributed by atoms with Gasteiger partial charge in [-0.3, -0.25) is 4.79 Å². The van der Waals surface area contributed by atoms with Gasteiger partial charge in [0, 0.05) is 11.1 Å². The summed E-state index contributed by atoms with van der Waals surface area (Å²) in [6.07, 6.45) is 0. The first-order valence-corrected chi connectivity index (χ1v) is 7.86. The van der Waals surface area contributed by atoms with Crippen molar-refractivity contribution >= 4 is 27.2 Å². The minimum Gasteiger partial charge on any atom is -0.508 e. The van der Waals surface area contributed by atoms with Crippen LogP contribution in [-0.2, 0) is 9.84 Å². The highest BCUT2D eigenvalue weighted by Crippen LogP contribution is 2.24.